The molecule has 13 heavy (non-hydrogen) atoms. The Balaban J connectivity index is 0. The van der Waals surface area contributed by atoms with Gasteiger partial charge < -0.3 is 5.11 Å². The molecule has 0 amide bonds. The molecule has 0 fully saturated rings. The Bertz CT molecular complexity index is 54.1. The molecule has 0 aliphatic rings. The van der Waals surface area contributed by atoms with Gasteiger partial charge in [-0.15, -0.1) is 0 Å². The Hall–Kier alpha value is -0.0400. The van der Waals surface area contributed by atoms with Gasteiger partial charge in [0.05, 0.1) is 0 Å². The molecule has 0 aliphatic carbocycles. The molecule has 0 saturated heterocycles. The molecule has 0 aromatic heterocycles. The average molecular weight is 188 g/mol. The standard InChI is InChI=1S/C10H22O.C2H6/c1-2-3-4-5-6-7-8-9-10-11;1-2/h11H,2-10H2,1H3;1-2H3. The van der Waals surface area contributed by atoms with E-state index in [4.69, 9.17) is 5.11 Å². The molecule has 0 atom stereocenters. The number of rotatable bonds is 8. The molecule has 82 valence electrons. The minimum Gasteiger partial charge on any atom is -0.396 e. The third-order valence-corrected chi connectivity index (χ3v) is 2.01. The Kier molecular flexibility index (Phi) is 21.2. The van der Waals surface area contributed by atoms with E-state index in [0.717, 1.165) is 6.42 Å². The highest BCUT2D eigenvalue weighted by Gasteiger charge is 1.89. The van der Waals surface area contributed by atoms with E-state index in [2.05, 4.69) is 6.92 Å². The van der Waals surface area contributed by atoms with Crippen molar-refractivity contribution in [2.75, 3.05) is 6.61 Å². The molecular formula is C12H28O. The predicted octanol–water partition coefficient (Wildman–Crippen LogP) is 4.15. The van der Waals surface area contributed by atoms with Crippen molar-refractivity contribution in [3.63, 3.8) is 0 Å². The maximum absolute atomic E-state index is 8.51. The zero-order valence-corrected chi connectivity index (χ0v) is 9.81. The summed E-state index contributed by atoms with van der Waals surface area (Å²) in [4.78, 5) is 0. The van der Waals surface area contributed by atoms with Gasteiger partial charge in [-0.1, -0.05) is 65.7 Å². The monoisotopic (exact) mass is 188 g/mol. The molecule has 1 nitrogen and oxygen atoms in total. The van der Waals surface area contributed by atoms with Crippen LogP contribution in [0.3, 0.4) is 0 Å². The van der Waals surface area contributed by atoms with Crippen molar-refractivity contribution in [1.82, 2.24) is 0 Å². The summed E-state index contributed by atoms with van der Waals surface area (Å²) >= 11 is 0. The zero-order valence-electron chi connectivity index (χ0n) is 9.81. The fourth-order valence-electron chi connectivity index (χ4n) is 1.25. The molecule has 0 rings (SSSR count). The highest BCUT2D eigenvalue weighted by atomic mass is 16.2. The van der Waals surface area contributed by atoms with Gasteiger partial charge >= 0.3 is 0 Å². The highest BCUT2D eigenvalue weighted by molar-refractivity contribution is 4.44. The summed E-state index contributed by atoms with van der Waals surface area (Å²) in [5.41, 5.74) is 0. The van der Waals surface area contributed by atoms with E-state index in [1.165, 1.54) is 44.9 Å². The molecule has 1 heteroatoms. The van der Waals surface area contributed by atoms with Crippen LogP contribution in [0, 0.1) is 0 Å². The maximum Gasteiger partial charge on any atom is 0.0431 e. The Labute approximate surface area is 84.6 Å². The van der Waals surface area contributed by atoms with Crippen molar-refractivity contribution in [2.45, 2.75) is 72.1 Å². The van der Waals surface area contributed by atoms with Crippen molar-refractivity contribution >= 4 is 0 Å². The van der Waals surface area contributed by atoms with Crippen molar-refractivity contribution < 1.29 is 5.11 Å². The van der Waals surface area contributed by atoms with Crippen LogP contribution in [0.5, 0.6) is 0 Å². The fourth-order valence-corrected chi connectivity index (χ4v) is 1.25. The second-order valence-corrected chi connectivity index (χ2v) is 3.20. The van der Waals surface area contributed by atoms with Crippen molar-refractivity contribution in [3.05, 3.63) is 0 Å². The zero-order chi connectivity index (χ0) is 10.4. The van der Waals surface area contributed by atoms with Gasteiger partial charge in [0.2, 0.25) is 0 Å². The van der Waals surface area contributed by atoms with E-state index in [1.807, 2.05) is 13.8 Å². The number of aliphatic hydroxyl groups is 1. The van der Waals surface area contributed by atoms with Gasteiger partial charge in [0, 0.05) is 6.61 Å². The minimum absolute atomic E-state index is 0.370. The van der Waals surface area contributed by atoms with Crippen LogP contribution in [-0.4, -0.2) is 11.7 Å². The number of unbranched alkanes of at least 4 members (excludes halogenated alkanes) is 7. The van der Waals surface area contributed by atoms with Crippen LogP contribution in [0.15, 0.2) is 0 Å². The Morgan fingerprint density at radius 2 is 1.08 bits per heavy atom. The first-order valence-corrected chi connectivity index (χ1v) is 6.02. The minimum atomic E-state index is 0.370. The number of aliphatic hydroxyl groups excluding tert-OH is 1. The van der Waals surface area contributed by atoms with Crippen LogP contribution >= 0.6 is 0 Å². The largest absolute Gasteiger partial charge is 0.396 e. The molecule has 0 saturated carbocycles. The lowest BCUT2D eigenvalue weighted by molar-refractivity contribution is 0.282. The quantitative estimate of drug-likeness (QED) is 0.567. The molecular weight excluding hydrogens is 160 g/mol. The highest BCUT2D eigenvalue weighted by Crippen LogP contribution is 2.07. The molecule has 0 aliphatic heterocycles. The smallest absolute Gasteiger partial charge is 0.0431 e. The number of hydrogen-bond donors (Lipinski definition) is 1. The summed E-state index contributed by atoms with van der Waals surface area (Å²) in [6, 6.07) is 0. The van der Waals surface area contributed by atoms with Gasteiger partial charge in [-0.3, -0.25) is 0 Å². The van der Waals surface area contributed by atoms with Crippen molar-refractivity contribution in [1.29, 1.82) is 0 Å². The lowest BCUT2D eigenvalue weighted by Crippen LogP contribution is -1.83. The van der Waals surface area contributed by atoms with Crippen LogP contribution < -0.4 is 0 Å². The summed E-state index contributed by atoms with van der Waals surface area (Å²) in [7, 11) is 0. The van der Waals surface area contributed by atoms with Gasteiger partial charge in [-0.2, -0.15) is 0 Å². The molecule has 0 radical (unpaired) electrons. The third-order valence-electron chi connectivity index (χ3n) is 2.01. The van der Waals surface area contributed by atoms with Crippen LogP contribution in [0.25, 0.3) is 0 Å². The second-order valence-electron chi connectivity index (χ2n) is 3.20. The van der Waals surface area contributed by atoms with Crippen LogP contribution in [0.1, 0.15) is 72.1 Å². The van der Waals surface area contributed by atoms with Gasteiger partial charge in [0.15, 0.2) is 0 Å². The summed E-state index contributed by atoms with van der Waals surface area (Å²) < 4.78 is 0. The molecule has 0 unspecified atom stereocenters. The Morgan fingerprint density at radius 3 is 1.46 bits per heavy atom. The second kappa shape index (κ2) is 17.9. The van der Waals surface area contributed by atoms with Gasteiger partial charge in [0.25, 0.3) is 0 Å². The average Bonchev–Trinajstić information content (AvgIpc) is 2.20. The Morgan fingerprint density at radius 1 is 0.692 bits per heavy atom. The van der Waals surface area contributed by atoms with Gasteiger partial charge in [0.1, 0.15) is 0 Å². The maximum atomic E-state index is 8.51. The van der Waals surface area contributed by atoms with E-state index in [-0.39, 0.29) is 0 Å². The van der Waals surface area contributed by atoms with Gasteiger partial charge in [-0.25, -0.2) is 0 Å². The van der Waals surface area contributed by atoms with Crippen LogP contribution in [-0.2, 0) is 0 Å². The first kappa shape index (κ1) is 15.4. The van der Waals surface area contributed by atoms with E-state index >= 15 is 0 Å². The van der Waals surface area contributed by atoms with E-state index in [9.17, 15) is 0 Å². The van der Waals surface area contributed by atoms with E-state index in [0.29, 0.717) is 6.61 Å². The van der Waals surface area contributed by atoms with E-state index < -0.39 is 0 Å². The summed E-state index contributed by atoms with van der Waals surface area (Å²) in [5, 5.41) is 8.51. The molecule has 0 heterocycles. The normalized spacial score (nSPS) is 9.23. The topological polar surface area (TPSA) is 20.2 Å². The van der Waals surface area contributed by atoms with Crippen LogP contribution in [0.4, 0.5) is 0 Å². The summed E-state index contributed by atoms with van der Waals surface area (Å²) in [6.07, 6.45) is 10.4. The third kappa shape index (κ3) is 18.7. The first-order chi connectivity index (χ1) is 6.41. The molecule has 0 bridgehead atoms. The summed E-state index contributed by atoms with van der Waals surface area (Å²) in [5.74, 6) is 0. The lowest BCUT2D eigenvalue weighted by atomic mass is 10.1. The van der Waals surface area contributed by atoms with Crippen molar-refractivity contribution in [2.24, 2.45) is 0 Å². The molecule has 0 aromatic carbocycles. The van der Waals surface area contributed by atoms with Crippen LogP contribution in [0.2, 0.25) is 0 Å². The molecule has 1 N–H and O–H groups in total. The van der Waals surface area contributed by atoms with Crippen molar-refractivity contribution in [3.8, 4) is 0 Å². The SMILES string of the molecule is CC.CCCCCCCCCCO. The molecule has 0 spiro atoms. The summed E-state index contributed by atoms with van der Waals surface area (Å²) in [6.45, 7) is 6.61. The first-order valence-electron chi connectivity index (χ1n) is 6.02. The predicted molar refractivity (Wildman–Crippen MR) is 61.0 cm³/mol. The lowest BCUT2D eigenvalue weighted by Gasteiger charge is -1.98. The number of hydrogen-bond acceptors (Lipinski definition) is 1. The molecule has 0 aromatic rings. The fraction of sp³-hybridized carbons (Fsp3) is 1.00. The van der Waals surface area contributed by atoms with E-state index in [1.54, 1.807) is 0 Å². The van der Waals surface area contributed by atoms with Gasteiger partial charge in [-0.05, 0) is 6.42 Å².